The van der Waals surface area contributed by atoms with Crippen molar-refractivity contribution in [3.63, 3.8) is 0 Å². The molecule has 2 amide bonds. The van der Waals surface area contributed by atoms with Crippen molar-refractivity contribution in [3.05, 3.63) is 23.8 Å². The lowest BCUT2D eigenvalue weighted by Crippen LogP contribution is -2.47. The van der Waals surface area contributed by atoms with Crippen LogP contribution in [0.1, 0.15) is 23.2 Å². The van der Waals surface area contributed by atoms with Crippen molar-refractivity contribution in [1.82, 2.24) is 4.90 Å². The van der Waals surface area contributed by atoms with Crippen LogP contribution < -0.4 is 11.1 Å². The average molecular weight is 279 g/mol. The second-order valence-electron chi connectivity index (χ2n) is 4.82. The van der Waals surface area contributed by atoms with E-state index in [1.165, 1.54) is 18.2 Å². The molecule has 0 radical (unpaired) electrons. The van der Waals surface area contributed by atoms with Gasteiger partial charge in [0.1, 0.15) is 11.3 Å². The molecule has 20 heavy (non-hydrogen) atoms. The van der Waals surface area contributed by atoms with E-state index in [1.54, 1.807) is 4.90 Å². The minimum absolute atomic E-state index is 0.0164. The zero-order valence-electron chi connectivity index (χ0n) is 10.9. The predicted octanol–water partition coefficient (Wildman–Crippen LogP) is 1.05. The first-order chi connectivity index (χ1) is 9.47. The summed E-state index contributed by atoms with van der Waals surface area (Å²) in [6, 6.07) is 3.57. The molecule has 108 valence electrons. The van der Waals surface area contributed by atoms with Gasteiger partial charge in [0.2, 0.25) is 0 Å². The molecule has 1 fully saturated rings. The maximum atomic E-state index is 12.0. The Morgan fingerprint density at radius 1 is 1.40 bits per heavy atom. The van der Waals surface area contributed by atoms with Gasteiger partial charge in [0.05, 0.1) is 0 Å². The SMILES string of the molecule is NC1CCCN(C(=O)Nc2ccc(C(=O)O)c(O)c2)C1. The zero-order chi connectivity index (χ0) is 14.7. The van der Waals surface area contributed by atoms with Crippen molar-refractivity contribution >= 4 is 17.7 Å². The number of aromatic carboxylic acids is 1. The van der Waals surface area contributed by atoms with Gasteiger partial charge in [-0.2, -0.15) is 0 Å². The van der Waals surface area contributed by atoms with E-state index in [9.17, 15) is 14.7 Å². The molecular weight excluding hydrogens is 262 g/mol. The quantitative estimate of drug-likeness (QED) is 0.645. The number of nitrogens with one attached hydrogen (secondary N) is 1. The highest BCUT2D eigenvalue weighted by atomic mass is 16.4. The van der Waals surface area contributed by atoms with Crippen LogP contribution in [0.2, 0.25) is 0 Å². The molecule has 0 bridgehead atoms. The summed E-state index contributed by atoms with van der Waals surface area (Å²) in [6.45, 7) is 1.13. The predicted molar refractivity (Wildman–Crippen MR) is 72.9 cm³/mol. The molecule has 1 aliphatic rings. The van der Waals surface area contributed by atoms with Gasteiger partial charge in [-0.05, 0) is 25.0 Å². The Morgan fingerprint density at radius 3 is 2.75 bits per heavy atom. The smallest absolute Gasteiger partial charge is 0.339 e. The molecule has 1 heterocycles. The van der Waals surface area contributed by atoms with Crippen molar-refractivity contribution < 1.29 is 19.8 Å². The first-order valence-corrected chi connectivity index (χ1v) is 6.35. The number of rotatable bonds is 2. The van der Waals surface area contributed by atoms with Crippen LogP contribution in [-0.2, 0) is 0 Å². The molecule has 5 N–H and O–H groups in total. The third kappa shape index (κ3) is 3.18. The molecule has 2 rings (SSSR count). The van der Waals surface area contributed by atoms with Gasteiger partial charge in [-0.15, -0.1) is 0 Å². The van der Waals surface area contributed by atoms with Gasteiger partial charge in [0, 0.05) is 30.9 Å². The number of aromatic hydroxyl groups is 1. The van der Waals surface area contributed by atoms with Crippen molar-refractivity contribution in [2.45, 2.75) is 18.9 Å². The zero-order valence-corrected chi connectivity index (χ0v) is 10.9. The summed E-state index contributed by atoms with van der Waals surface area (Å²) in [5, 5.41) is 21.0. The molecule has 1 aromatic carbocycles. The Hall–Kier alpha value is -2.28. The minimum Gasteiger partial charge on any atom is -0.507 e. The van der Waals surface area contributed by atoms with Gasteiger partial charge in [0.15, 0.2) is 0 Å². The number of carboxylic acid groups (broad SMARTS) is 1. The lowest BCUT2D eigenvalue weighted by molar-refractivity contribution is 0.0694. The van der Waals surface area contributed by atoms with Crippen LogP contribution in [0.5, 0.6) is 5.75 Å². The van der Waals surface area contributed by atoms with E-state index >= 15 is 0 Å². The normalized spacial score (nSPS) is 18.6. The molecule has 0 aromatic heterocycles. The molecule has 1 atom stereocenters. The number of carbonyl (C=O) groups excluding carboxylic acids is 1. The molecule has 0 saturated carbocycles. The van der Waals surface area contributed by atoms with Crippen molar-refractivity contribution in [3.8, 4) is 5.75 Å². The number of likely N-dealkylation sites (tertiary alicyclic amines) is 1. The fourth-order valence-corrected chi connectivity index (χ4v) is 2.19. The van der Waals surface area contributed by atoms with Gasteiger partial charge in [-0.25, -0.2) is 9.59 Å². The number of carbonyl (C=O) groups is 2. The van der Waals surface area contributed by atoms with Crippen LogP contribution in [0.3, 0.4) is 0 Å². The van der Waals surface area contributed by atoms with Crippen LogP contribution in [-0.4, -0.2) is 46.2 Å². The fraction of sp³-hybridized carbons (Fsp3) is 0.385. The van der Waals surface area contributed by atoms with Gasteiger partial charge in [-0.1, -0.05) is 0 Å². The highest BCUT2D eigenvalue weighted by molar-refractivity contribution is 5.94. The molecule has 1 unspecified atom stereocenters. The summed E-state index contributed by atoms with van der Waals surface area (Å²) in [4.78, 5) is 24.4. The van der Waals surface area contributed by atoms with Crippen molar-refractivity contribution in [2.75, 3.05) is 18.4 Å². The molecule has 0 spiro atoms. The Balaban J connectivity index is 2.04. The number of nitrogens with zero attached hydrogens (tertiary/aromatic N) is 1. The minimum atomic E-state index is -1.22. The van der Waals surface area contributed by atoms with E-state index in [1.807, 2.05) is 0 Å². The third-order valence-electron chi connectivity index (χ3n) is 3.22. The van der Waals surface area contributed by atoms with Crippen molar-refractivity contribution in [1.29, 1.82) is 0 Å². The Labute approximate surface area is 116 Å². The molecule has 1 saturated heterocycles. The first-order valence-electron chi connectivity index (χ1n) is 6.35. The monoisotopic (exact) mass is 279 g/mol. The number of hydrogen-bond donors (Lipinski definition) is 4. The van der Waals surface area contributed by atoms with E-state index < -0.39 is 5.97 Å². The van der Waals surface area contributed by atoms with Gasteiger partial charge in [-0.3, -0.25) is 0 Å². The van der Waals surface area contributed by atoms with Gasteiger partial charge in [0.25, 0.3) is 0 Å². The van der Waals surface area contributed by atoms with Crippen LogP contribution in [0, 0.1) is 0 Å². The highest BCUT2D eigenvalue weighted by Gasteiger charge is 2.21. The van der Waals surface area contributed by atoms with E-state index in [4.69, 9.17) is 10.8 Å². The van der Waals surface area contributed by atoms with Crippen LogP contribution in [0.4, 0.5) is 10.5 Å². The molecule has 0 aliphatic carbocycles. The van der Waals surface area contributed by atoms with Gasteiger partial charge < -0.3 is 26.2 Å². The number of phenols is 1. The first kappa shape index (κ1) is 14.1. The van der Waals surface area contributed by atoms with E-state index in [0.29, 0.717) is 18.8 Å². The standard InChI is InChI=1S/C13H17N3O4/c14-8-2-1-5-16(7-8)13(20)15-9-3-4-10(12(18)19)11(17)6-9/h3-4,6,8,17H,1-2,5,7,14H2,(H,15,20)(H,18,19). The van der Waals surface area contributed by atoms with E-state index in [2.05, 4.69) is 5.32 Å². The number of urea groups is 1. The Bertz CT molecular complexity index is 532. The van der Waals surface area contributed by atoms with Crippen LogP contribution in [0.25, 0.3) is 0 Å². The maximum Gasteiger partial charge on any atom is 0.339 e. The lowest BCUT2D eigenvalue weighted by atomic mass is 10.1. The topological polar surface area (TPSA) is 116 Å². The molecular formula is C13H17N3O4. The Morgan fingerprint density at radius 2 is 2.15 bits per heavy atom. The summed E-state index contributed by atoms with van der Waals surface area (Å²) < 4.78 is 0. The molecule has 7 heteroatoms. The number of nitrogens with two attached hydrogens (primary N) is 1. The maximum absolute atomic E-state index is 12.0. The van der Waals surface area contributed by atoms with Crippen LogP contribution >= 0.6 is 0 Å². The molecule has 1 aliphatic heterocycles. The average Bonchev–Trinajstić information content (AvgIpc) is 2.38. The number of amides is 2. The van der Waals surface area contributed by atoms with Gasteiger partial charge >= 0.3 is 12.0 Å². The summed E-state index contributed by atoms with van der Waals surface area (Å²) in [7, 11) is 0. The number of anilines is 1. The summed E-state index contributed by atoms with van der Waals surface area (Å²) in [5.74, 6) is -1.60. The third-order valence-corrected chi connectivity index (χ3v) is 3.22. The largest absolute Gasteiger partial charge is 0.507 e. The lowest BCUT2D eigenvalue weighted by Gasteiger charge is -2.30. The number of carboxylic acids is 1. The summed E-state index contributed by atoms with van der Waals surface area (Å²) >= 11 is 0. The van der Waals surface area contributed by atoms with Crippen molar-refractivity contribution in [2.24, 2.45) is 5.73 Å². The fourth-order valence-electron chi connectivity index (χ4n) is 2.19. The molecule has 1 aromatic rings. The molecule has 7 nitrogen and oxygen atoms in total. The highest BCUT2D eigenvalue weighted by Crippen LogP contribution is 2.22. The van der Waals surface area contributed by atoms with Crippen LogP contribution in [0.15, 0.2) is 18.2 Å². The van der Waals surface area contributed by atoms with E-state index in [-0.39, 0.29) is 23.4 Å². The number of hydrogen-bond acceptors (Lipinski definition) is 4. The summed E-state index contributed by atoms with van der Waals surface area (Å²) in [5.41, 5.74) is 5.95. The number of piperidine rings is 1. The Kier molecular flexibility index (Phi) is 4.09. The summed E-state index contributed by atoms with van der Waals surface area (Å²) in [6.07, 6.45) is 1.76. The second-order valence-corrected chi connectivity index (χ2v) is 4.82. The van der Waals surface area contributed by atoms with E-state index in [0.717, 1.165) is 12.8 Å². The number of benzene rings is 1. The second kappa shape index (κ2) is 5.79.